The van der Waals surface area contributed by atoms with Crippen LogP contribution in [0.5, 0.6) is 0 Å². The quantitative estimate of drug-likeness (QED) is 0.847. The molecule has 4 nitrogen and oxygen atoms in total. The number of hydrogen-bond acceptors (Lipinski definition) is 2. The van der Waals surface area contributed by atoms with Crippen LogP contribution in [0.4, 0.5) is 0 Å². The lowest BCUT2D eigenvalue weighted by Gasteiger charge is -2.46. The van der Waals surface area contributed by atoms with Gasteiger partial charge in [0.05, 0.1) is 6.54 Å². The van der Waals surface area contributed by atoms with Crippen LogP contribution < -0.4 is 5.32 Å². The number of nitrogens with zero attached hydrogens (tertiary/aromatic N) is 1. The molecule has 1 saturated carbocycles. The lowest BCUT2D eigenvalue weighted by Crippen LogP contribution is -2.68. The number of carbonyl (C=O) groups excluding carboxylic acids is 2. The Morgan fingerprint density at radius 2 is 1.76 bits per heavy atom. The highest BCUT2D eigenvalue weighted by molar-refractivity contribution is 5.98. The van der Waals surface area contributed by atoms with E-state index in [-0.39, 0.29) is 24.4 Å². The van der Waals surface area contributed by atoms with Crippen molar-refractivity contribution >= 4 is 11.8 Å². The van der Waals surface area contributed by atoms with Crippen LogP contribution in [0.2, 0.25) is 0 Å². The van der Waals surface area contributed by atoms with E-state index in [2.05, 4.69) is 12.2 Å². The van der Waals surface area contributed by atoms with E-state index in [4.69, 9.17) is 0 Å². The minimum absolute atomic E-state index is 0.00700. The first-order valence-electron chi connectivity index (χ1n) is 8.70. The summed E-state index contributed by atoms with van der Waals surface area (Å²) in [7, 11) is 0. The largest absolute Gasteiger partial charge is 0.340 e. The van der Waals surface area contributed by atoms with E-state index in [0.717, 1.165) is 6.42 Å². The van der Waals surface area contributed by atoms with Gasteiger partial charge in [-0.25, -0.2) is 0 Å². The molecule has 1 aliphatic carbocycles. The smallest absolute Gasteiger partial charge is 0.249 e. The Hall–Kier alpha value is -1.06. The second-order valence-electron chi connectivity index (χ2n) is 6.64. The van der Waals surface area contributed by atoms with Crippen molar-refractivity contribution in [2.24, 2.45) is 5.92 Å². The minimum Gasteiger partial charge on any atom is -0.340 e. The molecule has 120 valence electrons. The second kappa shape index (κ2) is 6.80. The zero-order valence-corrected chi connectivity index (χ0v) is 13.8. The van der Waals surface area contributed by atoms with Crippen LogP contribution in [0, 0.1) is 5.92 Å². The molecule has 2 fully saturated rings. The Morgan fingerprint density at radius 3 is 2.29 bits per heavy atom. The maximum Gasteiger partial charge on any atom is 0.249 e. The molecule has 0 spiro atoms. The molecule has 0 aromatic rings. The third-order valence-electron chi connectivity index (χ3n) is 5.58. The molecule has 21 heavy (non-hydrogen) atoms. The summed E-state index contributed by atoms with van der Waals surface area (Å²) in [5.41, 5.74) is -0.669. The standard InChI is InChI=1S/C17H30N2O2/c1-4-14(13-10-8-7-9-11-13)19-12-15(20)18-17(5-2,6-3)16(19)21/h13-14H,4-12H2,1-3H3,(H,18,20). The van der Waals surface area contributed by atoms with Crippen molar-refractivity contribution in [1.82, 2.24) is 10.2 Å². The fraction of sp³-hybridized carbons (Fsp3) is 0.882. The summed E-state index contributed by atoms with van der Waals surface area (Å²) >= 11 is 0. The number of rotatable bonds is 5. The predicted octanol–water partition coefficient (Wildman–Crippen LogP) is 2.86. The van der Waals surface area contributed by atoms with Crippen molar-refractivity contribution in [2.75, 3.05) is 6.54 Å². The van der Waals surface area contributed by atoms with E-state index in [1.54, 1.807) is 0 Å². The molecule has 1 unspecified atom stereocenters. The van der Waals surface area contributed by atoms with Crippen LogP contribution in [0.15, 0.2) is 0 Å². The zero-order chi connectivity index (χ0) is 15.5. The second-order valence-corrected chi connectivity index (χ2v) is 6.64. The van der Waals surface area contributed by atoms with Gasteiger partial charge in [-0.3, -0.25) is 9.59 Å². The molecule has 2 amide bonds. The lowest BCUT2D eigenvalue weighted by atomic mass is 9.80. The molecule has 0 radical (unpaired) electrons. The topological polar surface area (TPSA) is 49.4 Å². The Bertz CT molecular complexity index is 384. The first kappa shape index (κ1) is 16.3. The Labute approximate surface area is 128 Å². The normalized spacial score (nSPS) is 24.8. The maximum atomic E-state index is 13.0. The molecule has 1 atom stereocenters. The van der Waals surface area contributed by atoms with E-state index in [9.17, 15) is 9.59 Å². The predicted molar refractivity (Wildman–Crippen MR) is 83.8 cm³/mol. The molecule has 1 saturated heterocycles. The fourth-order valence-corrected chi connectivity index (χ4v) is 4.19. The Balaban J connectivity index is 2.22. The lowest BCUT2D eigenvalue weighted by molar-refractivity contribution is -0.154. The van der Waals surface area contributed by atoms with Gasteiger partial charge in [0.2, 0.25) is 11.8 Å². The van der Waals surface area contributed by atoms with Crippen molar-refractivity contribution in [3.8, 4) is 0 Å². The van der Waals surface area contributed by atoms with E-state index >= 15 is 0 Å². The van der Waals surface area contributed by atoms with Crippen molar-refractivity contribution in [1.29, 1.82) is 0 Å². The van der Waals surface area contributed by atoms with Crippen LogP contribution in [-0.4, -0.2) is 34.8 Å². The fourth-order valence-electron chi connectivity index (χ4n) is 4.19. The molecular weight excluding hydrogens is 264 g/mol. The molecule has 4 heteroatoms. The van der Waals surface area contributed by atoms with E-state index in [1.165, 1.54) is 32.1 Å². The summed E-state index contributed by atoms with van der Waals surface area (Å²) < 4.78 is 0. The number of piperazine rings is 1. The van der Waals surface area contributed by atoms with Crippen molar-refractivity contribution in [2.45, 2.75) is 83.7 Å². The number of carbonyl (C=O) groups is 2. The molecule has 1 heterocycles. The Morgan fingerprint density at radius 1 is 1.14 bits per heavy atom. The molecule has 2 aliphatic rings. The molecule has 1 N–H and O–H groups in total. The van der Waals surface area contributed by atoms with Crippen molar-refractivity contribution < 1.29 is 9.59 Å². The van der Waals surface area contributed by atoms with Gasteiger partial charge in [-0.2, -0.15) is 0 Å². The molecule has 1 aliphatic heterocycles. The Kier molecular flexibility index (Phi) is 5.28. The molecule has 0 bridgehead atoms. The van der Waals surface area contributed by atoms with Gasteiger partial charge in [0.25, 0.3) is 0 Å². The number of amides is 2. The highest BCUT2D eigenvalue weighted by Crippen LogP contribution is 2.33. The molecule has 0 aromatic heterocycles. The van der Waals surface area contributed by atoms with E-state index in [0.29, 0.717) is 18.8 Å². The SMILES string of the molecule is CCC(C1CCCCC1)N1CC(=O)NC(CC)(CC)C1=O. The van der Waals surface area contributed by atoms with Gasteiger partial charge in [-0.15, -0.1) is 0 Å². The third kappa shape index (κ3) is 3.09. The van der Waals surface area contributed by atoms with E-state index < -0.39 is 5.54 Å². The number of nitrogens with one attached hydrogen (secondary N) is 1. The van der Waals surface area contributed by atoms with Gasteiger partial charge < -0.3 is 10.2 Å². The average Bonchev–Trinajstić information content (AvgIpc) is 2.52. The molecule has 2 rings (SSSR count). The molecule has 0 aromatic carbocycles. The average molecular weight is 294 g/mol. The third-order valence-corrected chi connectivity index (χ3v) is 5.58. The van der Waals surface area contributed by atoms with Gasteiger partial charge in [0.15, 0.2) is 0 Å². The van der Waals surface area contributed by atoms with Gasteiger partial charge in [0.1, 0.15) is 5.54 Å². The first-order chi connectivity index (χ1) is 10.1. The summed E-state index contributed by atoms with van der Waals surface area (Å²) in [5.74, 6) is 0.724. The summed E-state index contributed by atoms with van der Waals surface area (Å²) in [4.78, 5) is 27.1. The summed E-state index contributed by atoms with van der Waals surface area (Å²) in [5, 5.41) is 2.96. The first-order valence-corrected chi connectivity index (χ1v) is 8.70. The van der Waals surface area contributed by atoms with E-state index in [1.807, 2.05) is 18.7 Å². The van der Waals surface area contributed by atoms with Crippen molar-refractivity contribution in [3.05, 3.63) is 0 Å². The maximum absolute atomic E-state index is 13.0. The van der Waals surface area contributed by atoms with Gasteiger partial charge in [0, 0.05) is 6.04 Å². The van der Waals surface area contributed by atoms with Crippen LogP contribution in [0.25, 0.3) is 0 Å². The number of hydrogen-bond donors (Lipinski definition) is 1. The van der Waals surface area contributed by atoms with Gasteiger partial charge in [-0.05, 0) is 38.0 Å². The van der Waals surface area contributed by atoms with Crippen LogP contribution in [0.3, 0.4) is 0 Å². The minimum atomic E-state index is -0.669. The summed E-state index contributed by atoms with van der Waals surface area (Å²) in [6.07, 6.45) is 8.55. The monoisotopic (exact) mass is 294 g/mol. The summed E-state index contributed by atoms with van der Waals surface area (Å²) in [6, 6.07) is 0.237. The zero-order valence-electron chi connectivity index (χ0n) is 13.8. The van der Waals surface area contributed by atoms with Crippen LogP contribution in [-0.2, 0) is 9.59 Å². The van der Waals surface area contributed by atoms with Gasteiger partial charge in [-0.1, -0.05) is 40.0 Å². The molecular formula is C17H30N2O2. The van der Waals surface area contributed by atoms with Crippen LogP contribution in [0.1, 0.15) is 72.1 Å². The highest BCUT2D eigenvalue weighted by Gasteiger charge is 2.46. The van der Waals surface area contributed by atoms with Crippen LogP contribution >= 0.6 is 0 Å². The van der Waals surface area contributed by atoms with Crippen molar-refractivity contribution in [3.63, 3.8) is 0 Å². The summed E-state index contributed by atoms with van der Waals surface area (Å²) in [6.45, 7) is 6.38. The van der Waals surface area contributed by atoms with Gasteiger partial charge >= 0.3 is 0 Å². The highest BCUT2D eigenvalue weighted by atomic mass is 16.2.